The maximum atomic E-state index is 12.2. The molecular formula is C20H21N3O3. The number of methoxy groups -OCH3 is 1. The lowest BCUT2D eigenvalue weighted by molar-refractivity contribution is -0.112. The molecule has 0 aromatic heterocycles. The summed E-state index contributed by atoms with van der Waals surface area (Å²) >= 11 is 0. The van der Waals surface area contributed by atoms with Crippen LogP contribution in [-0.4, -0.2) is 19.6 Å². The smallest absolute Gasteiger partial charge is 0.267 e. The number of carbonyl (C=O) groups is 1. The third-order valence-corrected chi connectivity index (χ3v) is 3.50. The Morgan fingerprint density at radius 1 is 1.12 bits per heavy atom. The highest BCUT2D eigenvalue weighted by Crippen LogP contribution is 2.16. The van der Waals surface area contributed by atoms with Gasteiger partial charge in [-0.1, -0.05) is 12.1 Å². The molecule has 0 aliphatic heterocycles. The summed E-state index contributed by atoms with van der Waals surface area (Å²) in [6.07, 6.45) is 1.41. The summed E-state index contributed by atoms with van der Waals surface area (Å²) < 4.78 is 10.5. The van der Waals surface area contributed by atoms with Gasteiger partial charge in [-0.2, -0.15) is 5.26 Å². The van der Waals surface area contributed by atoms with Crippen LogP contribution < -0.4 is 20.1 Å². The highest BCUT2D eigenvalue weighted by molar-refractivity contribution is 6.06. The first-order valence-electron chi connectivity index (χ1n) is 8.17. The zero-order valence-corrected chi connectivity index (χ0v) is 14.8. The standard InChI is InChI=1S/C20H21N3O3/c1-3-26-19-10-6-17(7-11-19)23-20(24)16(12-21)14-22-13-15-4-8-18(25-2)9-5-15/h4-11,14,22H,3,13H2,1-2H3,(H,23,24)/b16-14-. The van der Waals surface area contributed by atoms with Crippen molar-refractivity contribution in [3.8, 4) is 17.6 Å². The van der Waals surface area contributed by atoms with Crippen molar-refractivity contribution in [2.75, 3.05) is 19.0 Å². The van der Waals surface area contributed by atoms with E-state index in [0.29, 0.717) is 18.8 Å². The van der Waals surface area contributed by atoms with Gasteiger partial charge < -0.3 is 20.1 Å². The van der Waals surface area contributed by atoms with E-state index in [1.807, 2.05) is 37.3 Å². The first-order chi connectivity index (χ1) is 12.7. The zero-order valence-electron chi connectivity index (χ0n) is 14.8. The van der Waals surface area contributed by atoms with E-state index in [2.05, 4.69) is 10.6 Å². The van der Waals surface area contributed by atoms with Crippen molar-refractivity contribution in [2.45, 2.75) is 13.5 Å². The van der Waals surface area contributed by atoms with Crippen molar-refractivity contribution in [2.24, 2.45) is 0 Å². The lowest BCUT2D eigenvalue weighted by atomic mass is 10.2. The molecule has 134 valence electrons. The number of nitrogens with zero attached hydrogens (tertiary/aromatic N) is 1. The van der Waals surface area contributed by atoms with Gasteiger partial charge in [0.1, 0.15) is 23.1 Å². The third-order valence-electron chi connectivity index (χ3n) is 3.50. The molecule has 0 aliphatic carbocycles. The Bertz CT molecular complexity index is 791. The predicted octanol–water partition coefficient (Wildman–Crippen LogP) is 3.23. The number of amides is 1. The zero-order chi connectivity index (χ0) is 18.8. The first kappa shape index (κ1) is 18.9. The van der Waals surface area contributed by atoms with Gasteiger partial charge in [0.05, 0.1) is 13.7 Å². The number of hydrogen-bond acceptors (Lipinski definition) is 5. The second-order valence-electron chi connectivity index (χ2n) is 5.31. The van der Waals surface area contributed by atoms with E-state index in [1.54, 1.807) is 31.4 Å². The number of benzene rings is 2. The number of rotatable bonds is 8. The van der Waals surface area contributed by atoms with Crippen LogP contribution in [0.5, 0.6) is 11.5 Å². The summed E-state index contributed by atoms with van der Waals surface area (Å²) in [6, 6.07) is 16.4. The van der Waals surface area contributed by atoms with Crippen molar-refractivity contribution in [1.82, 2.24) is 5.32 Å². The van der Waals surface area contributed by atoms with Gasteiger partial charge in [0.2, 0.25) is 0 Å². The fraction of sp³-hybridized carbons (Fsp3) is 0.200. The number of nitriles is 1. The molecule has 2 rings (SSSR count). The van der Waals surface area contributed by atoms with Gasteiger partial charge in [-0.25, -0.2) is 0 Å². The van der Waals surface area contributed by atoms with Gasteiger partial charge in [-0.15, -0.1) is 0 Å². The summed E-state index contributed by atoms with van der Waals surface area (Å²) in [5, 5.41) is 14.9. The third kappa shape index (κ3) is 5.56. The number of anilines is 1. The van der Waals surface area contributed by atoms with Gasteiger partial charge in [0.15, 0.2) is 0 Å². The van der Waals surface area contributed by atoms with E-state index in [1.165, 1.54) is 6.20 Å². The van der Waals surface area contributed by atoms with Crippen LogP contribution in [-0.2, 0) is 11.3 Å². The molecule has 0 fully saturated rings. The summed E-state index contributed by atoms with van der Waals surface area (Å²) in [5.41, 5.74) is 1.59. The van der Waals surface area contributed by atoms with Crippen LogP contribution in [0.15, 0.2) is 60.3 Å². The van der Waals surface area contributed by atoms with Gasteiger partial charge in [-0.05, 0) is 48.9 Å². The van der Waals surface area contributed by atoms with Gasteiger partial charge in [0, 0.05) is 18.4 Å². The van der Waals surface area contributed by atoms with E-state index < -0.39 is 5.91 Å². The highest BCUT2D eigenvalue weighted by atomic mass is 16.5. The molecule has 6 heteroatoms. The van der Waals surface area contributed by atoms with E-state index in [-0.39, 0.29) is 5.57 Å². The molecule has 2 N–H and O–H groups in total. The van der Waals surface area contributed by atoms with Crippen molar-refractivity contribution >= 4 is 11.6 Å². The van der Waals surface area contributed by atoms with Crippen LogP contribution in [0.3, 0.4) is 0 Å². The number of nitrogens with one attached hydrogen (secondary N) is 2. The van der Waals surface area contributed by atoms with Crippen LogP contribution in [0.4, 0.5) is 5.69 Å². The molecule has 0 atom stereocenters. The molecule has 0 unspecified atom stereocenters. The molecule has 0 bridgehead atoms. The lowest BCUT2D eigenvalue weighted by Crippen LogP contribution is -2.16. The monoisotopic (exact) mass is 351 g/mol. The Hall–Kier alpha value is -3.46. The van der Waals surface area contributed by atoms with Crippen molar-refractivity contribution in [3.05, 3.63) is 65.9 Å². The van der Waals surface area contributed by atoms with E-state index in [9.17, 15) is 10.1 Å². The topological polar surface area (TPSA) is 83.4 Å². The normalized spacial score (nSPS) is 10.6. The largest absolute Gasteiger partial charge is 0.497 e. The highest BCUT2D eigenvalue weighted by Gasteiger charge is 2.09. The minimum Gasteiger partial charge on any atom is -0.497 e. The summed E-state index contributed by atoms with van der Waals surface area (Å²) in [7, 11) is 1.61. The van der Waals surface area contributed by atoms with Crippen LogP contribution in [0, 0.1) is 11.3 Å². The Kier molecular flexibility index (Phi) is 7.07. The quantitative estimate of drug-likeness (QED) is 0.563. The van der Waals surface area contributed by atoms with Crippen molar-refractivity contribution < 1.29 is 14.3 Å². The minimum atomic E-state index is -0.473. The predicted molar refractivity (Wildman–Crippen MR) is 99.8 cm³/mol. The van der Waals surface area contributed by atoms with Gasteiger partial charge in [-0.3, -0.25) is 4.79 Å². The fourth-order valence-corrected chi connectivity index (χ4v) is 2.16. The minimum absolute atomic E-state index is 0.00704. The average Bonchev–Trinajstić information content (AvgIpc) is 2.67. The number of carbonyl (C=O) groups excluding carboxylic acids is 1. The summed E-state index contributed by atoms with van der Waals surface area (Å²) in [5.74, 6) is 1.03. The molecule has 0 radical (unpaired) electrons. The molecule has 2 aromatic carbocycles. The molecule has 0 aliphatic rings. The van der Waals surface area contributed by atoms with E-state index in [0.717, 1.165) is 17.1 Å². The number of hydrogen-bond donors (Lipinski definition) is 2. The van der Waals surface area contributed by atoms with Crippen LogP contribution >= 0.6 is 0 Å². The summed E-state index contributed by atoms with van der Waals surface area (Å²) in [4.78, 5) is 12.2. The van der Waals surface area contributed by atoms with Crippen LogP contribution in [0.1, 0.15) is 12.5 Å². The van der Waals surface area contributed by atoms with E-state index in [4.69, 9.17) is 9.47 Å². The SMILES string of the molecule is CCOc1ccc(NC(=O)/C(C#N)=C\NCc2ccc(OC)cc2)cc1. The molecule has 0 heterocycles. The van der Waals surface area contributed by atoms with Crippen LogP contribution in [0.25, 0.3) is 0 Å². The molecule has 0 saturated carbocycles. The Balaban J connectivity index is 1.92. The first-order valence-corrected chi connectivity index (χ1v) is 8.17. The maximum absolute atomic E-state index is 12.2. The lowest BCUT2D eigenvalue weighted by Gasteiger charge is -2.07. The summed E-state index contributed by atoms with van der Waals surface area (Å²) in [6.45, 7) is 2.97. The van der Waals surface area contributed by atoms with Crippen molar-refractivity contribution in [1.29, 1.82) is 5.26 Å². The van der Waals surface area contributed by atoms with Gasteiger partial charge >= 0.3 is 0 Å². The Labute approximate surface area is 153 Å². The Morgan fingerprint density at radius 2 is 1.77 bits per heavy atom. The van der Waals surface area contributed by atoms with Gasteiger partial charge in [0.25, 0.3) is 5.91 Å². The second-order valence-corrected chi connectivity index (χ2v) is 5.31. The second kappa shape index (κ2) is 9.74. The molecule has 2 aromatic rings. The molecule has 0 spiro atoms. The molecule has 1 amide bonds. The van der Waals surface area contributed by atoms with E-state index >= 15 is 0 Å². The van der Waals surface area contributed by atoms with Crippen LogP contribution in [0.2, 0.25) is 0 Å². The molecule has 6 nitrogen and oxygen atoms in total. The fourth-order valence-electron chi connectivity index (χ4n) is 2.16. The molecule has 0 saturated heterocycles. The Morgan fingerprint density at radius 3 is 2.35 bits per heavy atom. The molecular weight excluding hydrogens is 330 g/mol. The molecule has 26 heavy (non-hydrogen) atoms. The average molecular weight is 351 g/mol. The van der Waals surface area contributed by atoms with Crippen molar-refractivity contribution in [3.63, 3.8) is 0 Å². The number of ether oxygens (including phenoxy) is 2. The maximum Gasteiger partial charge on any atom is 0.267 e.